The Hall–Kier alpha value is -4.33. The van der Waals surface area contributed by atoms with Gasteiger partial charge in [-0.15, -0.1) is 0 Å². The van der Waals surface area contributed by atoms with Crippen molar-refractivity contribution in [2.24, 2.45) is 5.92 Å². The van der Waals surface area contributed by atoms with Crippen molar-refractivity contribution in [3.63, 3.8) is 0 Å². The van der Waals surface area contributed by atoms with Gasteiger partial charge in [-0.25, -0.2) is 0 Å². The molecule has 3 amide bonds. The van der Waals surface area contributed by atoms with E-state index in [0.717, 1.165) is 188 Å². The summed E-state index contributed by atoms with van der Waals surface area (Å²) in [6.07, 6.45) is 47.4. The van der Waals surface area contributed by atoms with Crippen LogP contribution in [0.4, 0.5) is 0 Å². The molecular weight excluding hydrogens is 1530 g/mol. The van der Waals surface area contributed by atoms with Gasteiger partial charge in [-0.3, -0.25) is 38.4 Å². The summed E-state index contributed by atoms with van der Waals surface area (Å²) in [5, 5.41) is 85.3. The van der Waals surface area contributed by atoms with E-state index >= 15 is 0 Å². The summed E-state index contributed by atoms with van der Waals surface area (Å²) < 4.78 is 15.6. The van der Waals surface area contributed by atoms with E-state index in [1.54, 1.807) is 47.9 Å². The first-order valence-electron chi connectivity index (χ1n) is 47.2. The minimum Gasteiger partial charge on any atom is -0.481 e. The Balaban J connectivity index is -0.000000545. The molecule has 0 aliphatic carbocycles. The summed E-state index contributed by atoms with van der Waals surface area (Å²) in [4.78, 5) is 101. The molecule has 0 spiro atoms. The minimum absolute atomic E-state index is 0.0318. The Morgan fingerprint density at radius 2 is 0.625 bits per heavy atom. The number of hydrogen-bond donors (Lipinski definition) is 11. The number of hydrogen-bond acceptors (Lipinski definition) is 23. The Kier molecular flexibility index (Phi) is 91.2. The van der Waals surface area contributed by atoms with Crippen LogP contribution < -0.4 is 16.0 Å². The summed E-state index contributed by atoms with van der Waals surface area (Å²) in [6.45, 7) is 35.0. The van der Waals surface area contributed by atoms with E-state index < -0.39 is 90.3 Å². The number of rotatable bonds is 75. The first kappa shape index (κ1) is 124. The molecule has 28 nitrogen and oxygen atoms in total. The molecule has 702 valence electrons. The molecule has 0 aliphatic heterocycles. The van der Waals surface area contributed by atoms with Crippen molar-refractivity contribution >= 4 is 89.9 Å². The Bertz CT molecular complexity index is 2340. The number of carbonyl (C=O) groups excluding carboxylic acids is 6. The lowest BCUT2D eigenvalue weighted by molar-refractivity contribution is -0.173. The predicted octanol–water partition coefficient (Wildman–Crippen LogP) is 13.9. The second kappa shape index (κ2) is 88.1. The third-order valence-corrected chi connectivity index (χ3v) is 21.2. The van der Waals surface area contributed by atoms with Crippen LogP contribution in [0, 0.1) is 5.92 Å². The summed E-state index contributed by atoms with van der Waals surface area (Å²) in [6, 6.07) is 0. The summed E-state index contributed by atoms with van der Waals surface area (Å²) >= 11 is 0. The molecule has 0 aromatic carbocycles. The Morgan fingerprint density at radius 3 is 0.925 bits per heavy atom. The lowest BCUT2D eigenvalue weighted by atomic mass is 9.78. The maximum absolute atomic E-state index is 12.8. The lowest BCUT2D eigenvalue weighted by Crippen LogP contribution is -2.58. The molecule has 120 heavy (non-hydrogen) atoms. The standard InChI is InChI=1S/C34H62N2O8.C26H66B6N6O6.C22H45NO.2C2H4O2/c1-6-7-8-9-14-17-20-24-35-32(40)22-19-16-13-11-10-12-15-18-21-25-36-34(41)27(2)33(44-30(5)39)31(43-29(4)38)23-26-42-28(3)37;1-10-17-26(37(31(6)43)24-13-11-20-35(29(4)41)22-15-18-33(8)27(2)39)38(32(7)44)25-14-12-21-36(30(5)42)23-16-19-34(9)28(3)40;1-3-5-7-8-9-10-11-12-13-14-15-16-17-18-20-22(24)23-21-19-6-4-2;2*1-2(3)4/h27,31,33H,6-26H2,1-5H3,(H,35,40)(H,36,41);26,39-44H,10-25H2,1-9H3;3-21H2,1-2H3,(H,23,24);2*1H3,(H,3,4)/t27-,31-,33-;;;;/m1..../s1. The van der Waals surface area contributed by atoms with Gasteiger partial charge in [0.25, 0.3) is 11.9 Å². The van der Waals surface area contributed by atoms with Crippen molar-refractivity contribution in [3.8, 4) is 0 Å². The summed E-state index contributed by atoms with van der Waals surface area (Å²) in [5.74, 6) is -3.96. The van der Waals surface area contributed by atoms with Gasteiger partial charge in [0, 0.05) is 79.7 Å². The highest BCUT2D eigenvalue weighted by Crippen LogP contribution is 2.22. The highest BCUT2D eigenvalue weighted by Gasteiger charge is 2.37. The first-order valence-corrected chi connectivity index (χ1v) is 47.2. The van der Waals surface area contributed by atoms with Crippen LogP contribution in [0.1, 0.15) is 352 Å². The molecule has 0 heterocycles. The number of aliphatic carboxylic acids is 2. The second-order valence-corrected chi connectivity index (χ2v) is 33.0. The van der Waals surface area contributed by atoms with E-state index in [-0.39, 0.29) is 36.9 Å². The zero-order valence-electron chi connectivity index (χ0n) is 79.6. The average molecular weight is 1710 g/mol. The van der Waals surface area contributed by atoms with Crippen molar-refractivity contribution in [1.29, 1.82) is 0 Å². The molecule has 0 saturated heterocycles. The zero-order chi connectivity index (χ0) is 91.7. The molecule has 0 aromatic heterocycles. The van der Waals surface area contributed by atoms with Gasteiger partial charge >= 0.3 is 60.2 Å². The molecule has 0 saturated carbocycles. The van der Waals surface area contributed by atoms with Gasteiger partial charge in [-0.1, -0.05) is 214 Å². The molecule has 0 unspecified atom stereocenters. The number of unbranched alkanes of at least 4 members (excludes halogenated alkanes) is 31. The first-order chi connectivity index (χ1) is 57.0. The molecule has 11 N–H and O–H groups in total. The van der Waals surface area contributed by atoms with Crippen LogP contribution in [0.25, 0.3) is 0 Å². The van der Waals surface area contributed by atoms with Crippen LogP contribution in [0.2, 0.25) is 40.9 Å². The van der Waals surface area contributed by atoms with Gasteiger partial charge in [-0.05, 0) is 191 Å². The minimum atomic E-state index is -1.00. The number of esters is 3. The fourth-order valence-corrected chi connectivity index (χ4v) is 13.8. The van der Waals surface area contributed by atoms with Gasteiger partial charge in [-0.2, -0.15) is 0 Å². The van der Waals surface area contributed by atoms with Crippen molar-refractivity contribution < 1.29 is 92.9 Å². The molecule has 0 rings (SSSR count). The maximum atomic E-state index is 12.8. The molecule has 0 fully saturated rings. The molecule has 34 heteroatoms. The molecular formula is C86H181B6N9O19. The van der Waals surface area contributed by atoms with Crippen molar-refractivity contribution in [1.82, 2.24) is 44.8 Å². The fourth-order valence-electron chi connectivity index (χ4n) is 13.8. The molecule has 0 aliphatic rings. The van der Waals surface area contributed by atoms with Crippen LogP contribution in [-0.2, 0) is 52.6 Å². The third-order valence-electron chi connectivity index (χ3n) is 21.2. The van der Waals surface area contributed by atoms with Crippen LogP contribution in [0.15, 0.2) is 0 Å². The number of carboxylic acid groups (broad SMARTS) is 2. The smallest absolute Gasteiger partial charge is 0.377 e. The number of carboxylic acids is 2. The largest absolute Gasteiger partial charge is 0.481 e. The third kappa shape index (κ3) is 85.8. The average Bonchev–Trinajstić information content (AvgIpc) is 0.854. The van der Waals surface area contributed by atoms with Gasteiger partial charge < -0.3 is 99.4 Å². The van der Waals surface area contributed by atoms with Crippen LogP contribution in [0.3, 0.4) is 0 Å². The number of ether oxygens (including phenoxy) is 3. The van der Waals surface area contributed by atoms with E-state index in [4.69, 9.17) is 34.0 Å². The summed E-state index contributed by atoms with van der Waals surface area (Å²) in [5.41, 5.74) is 0. The van der Waals surface area contributed by atoms with Crippen LogP contribution in [-0.4, -0.2) is 270 Å². The van der Waals surface area contributed by atoms with Crippen molar-refractivity contribution in [2.75, 3.05) is 92.7 Å². The maximum Gasteiger partial charge on any atom is 0.377 e. The van der Waals surface area contributed by atoms with Gasteiger partial charge in [0.05, 0.1) is 12.5 Å². The number of amides is 3. The van der Waals surface area contributed by atoms with E-state index in [9.17, 15) is 58.9 Å². The molecule has 0 radical (unpaired) electrons. The van der Waals surface area contributed by atoms with Gasteiger partial charge in [0.1, 0.15) is 12.2 Å². The second-order valence-electron chi connectivity index (χ2n) is 33.0. The van der Waals surface area contributed by atoms with E-state index in [2.05, 4.69) is 62.9 Å². The van der Waals surface area contributed by atoms with Gasteiger partial charge in [0.2, 0.25) is 17.7 Å². The zero-order valence-corrected chi connectivity index (χ0v) is 79.6. The molecule has 0 aromatic rings. The molecule has 0 bridgehead atoms. The topological polar surface area (TPSA) is 382 Å². The number of carbonyl (C=O) groups is 8. The van der Waals surface area contributed by atoms with E-state index in [1.807, 2.05) is 23.7 Å². The fraction of sp³-hybridized carbons (Fsp3) is 0.907. The van der Waals surface area contributed by atoms with Gasteiger partial charge in [0.15, 0.2) is 0 Å². The van der Waals surface area contributed by atoms with E-state index in [0.29, 0.717) is 26.1 Å². The normalized spacial score (nSPS) is 11.8. The number of nitrogens with zero attached hydrogens (tertiary/aromatic N) is 6. The lowest BCUT2D eigenvalue weighted by Gasteiger charge is -2.42. The molecule has 3 atom stereocenters. The summed E-state index contributed by atoms with van der Waals surface area (Å²) in [7, 11) is 0.371. The van der Waals surface area contributed by atoms with Crippen molar-refractivity contribution in [2.45, 2.75) is 411 Å². The quantitative estimate of drug-likeness (QED) is 0.00886. The Morgan fingerprint density at radius 1 is 0.333 bits per heavy atom. The Labute approximate surface area is 733 Å². The predicted molar refractivity (Wildman–Crippen MR) is 497 cm³/mol. The highest BCUT2D eigenvalue weighted by atomic mass is 16.6. The number of nitrogens with one attached hydrogen (secondary N) is 3. The van der Waals surface area contributed by atoms with Crippen molar-refractivity contribution in [3.05, 3.63) is 0 Å². The SMILES string of the molecule is CC(=O)O.CC(=O)O.CCCC(N(CCCCN(CCCN(C)B(C)O)B(C)O)B(C)O)N(CCCCN(CCCN(C)B(C)O)B(C)O)B(C)O.CCCCCCCCCCCCCCCCC(=O)NCCCCC.CCCCCCCCCNC(=O)CCCCCCCCCCCNC(=O)[C@H](C)[C@@H](OC(C)=O)[C@@H](CCOC(C)=O)OC(C)=O. The van der Waals surface area contributed by atoms with Crippen LogP contribution >= 0.6 is 0 Å². The monoisotopic (exact) mass is 1710 g/mol. The van der Waals surface area contributed by atoms with E-state index in [1.165, 1.54) is 168 Å². The van der Waals surface area contributed by atoms with Crippen LogP contribution in [0.5, 0.6) is 0 Å². The highest BCUT2D eigenvalue weighted by molar-refractivity contribution is 6.47.